The Hall–Kier alpha value is -1.47. The van der Waals surface area contributed by atoms with Crippen LogP contribution in [0.3, 0.4) is 0 Å². The molecular weight excluding hydrogens is 282 g/mol. The van der Waals surface area contributed by atoms with Crippen molar-refractivity contribution in [1.29, 1.82) is 0 Å². The summed E-state index contributed by atoms with van der Waals surface area (Å²) in [6.45, 7) is 7.65. The first kappa shape index (κ1) is 15.4. The van der Waals surface area contributed by atoms with Gasteiger partial charge in [-0.2, -0.15) is 5.10 Å². The zero-order valence-electron chi connectivity index (χ0n) is 13.2. The van der Waals surface area contributed by atoms with Gasteiger partial charge in [0, 0.05) is 26.2 Å². The first-order valence-corrected chi connectivity index (χ1v) is 8.17. The van der Waals surface area contributed by atoms with Gasteiger partial charge in [0.05, 0.1) is 19.3 Å². The van der Waals surface area contributed by atoms with Crippen molar-refractivity contribution in [2.45, 2.75) is 32.4 Å². The summed E-state index contributed by atoms with van der Waals surface area (Å²) < 4.78 is 7.22. The molecule has 0 bridgehead atoms. The van der Waals surface area contributed by atoms with Gasteiger partial charge >= 0.3 is 0 Å². The standard InChI is InChI=1S/C15H25N5O2/c1-13(15(21)18-5-7-22-8-6-18)19-4-2-3-14(9-19)10-20-12-16-11-17-20/h11-14H,2-10H2,1H3/t13-,14-/m1/s1. The van der Waals surface area contributed by atoms with Crippen molar-refractivity contribution in [1.82, 2.24) is 24.6 Å². The van der Waals surface area contributed by atoms with Crippen molar-refractivity contribution in [2.24, 2.45) is 5.92 Å². The Morgan fingerprint density at radius 2 is 2.18 bits per heavy atom. The average molecular weight is 307 g/mol. The Bertz CT molecular complexity index is 472. The normalized spacial score (nSPS) is 25.1. The van der Waals surface area contributed by atoms with E-state index in [1.165, 1.54) is 6.42 Å². The van der Waals surface area contributed by atoms with Crippen molar-refractivity contribution < 1.29 is 9.53 Å². The number of hydrogen-bond donors (Lipinski definition) is 0. The number of piperidine rings is 1. The van der Waals surface area contributed by atoms with Gasteiger partial charge in [-0.1, -0.05) is 0 Å². The third-order valence-corrected chi connectivity index (χ3v) is 4.69. The van der Waals surface area contributed by atoms with Gasteiger partial charge < -0.3 is 9.64 Å². The van der Waals surface area contributed by atoms with Gasteiger partial charge in [0.1, 0.15) is 12.7 Å². The average Bonchev–Trinajstić information content (AvgIpc) is 3.07. The van der Waals surface area contributed by atoms with Crippen molar-refractivity contribution in [3.8, 4) is 0 Å². The fourth-order valence-electron chi connectivity index (χ4n) is 3.39. The second kappa shape index (κ2) is 7.19. The Kier molecular flexibility index (Phi) is 5.04. The van der Waals surface area contributed by atoms with Crippen LogP contribution in [-0.2, 0) is 16.1 Å². The highest BCUT2D eigenvalue weighted by Crippen LogP contribution is 2.20. The zero-order valence-corrected chi connectivity index (χ0v) is 13.2. The van der Waals surface area contributed by atoms with Crippen LogP contribution in [0.1, 0.15) is 19.8 Å². The molecule has 0 unspecified atom stereocenters. The number of ether oxygens (including phenoxy) is 1. The van der Waals surface area contributed by atoms with Gasteiger partial charge in [0.15, 0.2) is 0 Å². The van der Waals surface area contributed by atoms with E-state index < -0.39 is 0 Å². The summed E-state index contributed by atoms with van der Waals surface area (Å²) in [6.07, 6.45) is 5.67. The summed E-state index contributed by atoms with van der Waals surface area (Å²) in [7, 11) is 0. The minimum Gasteiger partial charge on any atom is -0.378 e. The molecular formula is C15H25N5O2. The van der Waals surface area contributed by atoms with E-state index in [0.717, 1.165) is 39.1 Å². The number of carbonyl (C=O) groups excluding carboxylic acids is 1. The van der Waals surface area contributed by atoms with Crippen LogP contribution < -0.4 is 0 Å². The van der Waals surface area contributed by atoms with Crippen molar-refractivity contribution in [3.63, 3.8) is 0 Å². The van der Waals surface area contributed by atoms with E-state index in [4.69, 9.17) is 4.74 Å². The lowest BCUT2D eigenvalue weighted by Gasteiger charge is -2.38. The predicted molar refractivity (Wildman–Crippen MR) is 81.2 cm³/mol. The third-order valence-electron chi connectivity index (χ3n) is 4.69. The van der Waals surface area contributed by atoms with Crippen LogP contribution in [-0.4, -0.2) is 75.9 Å². The monoisotopic (exact) mass is 307 g/mol. The number of hydrogen-bond acceptors (Lipinski definition) is 5. The fraction of sp³-hybridized carbons (Fsp3) is 0.800. The van der Waals surface area contributed by atoms with Crippen LogP contribution >= 0.6 is 0 Å². The molecule has 1 aromatic rings. The molecule has 2 saturated heterocycles. The first-order chi connectivity index (χ1) is 10.7. The van der Waals surface area contributed by atoms with Crippen LogP contribution in [0.5, 0.6) is 0 Å². The summed E-state index contributed by atoms with van der Waals surface area (Å²) >= 11 is 0. The summed E-state index contributed by atoms with van der Waals surface area (Å²) in [5.74, 6) is 0.778. The molecule has 2 fully saturated rings. The smallest absolute Gasteiger partial charge is 0.239 e. The maximum atomic E-state index is 12.6. The van der Waals surface area contributed by atoms with E-state index in [-0.39, 0.29) is 11.9 Å². The van der Waals surface area contributed by atoms with Gasteiger partial charge in [-0.25, -0.2) is 4.98 Å². The molecule has 3 heterocycles. The zero-order chi connectivity index (χ0) is 15.4. The van der Waals surface area contributed by atoms with Gasteiger partial charge in [-0.15, -0.1) is 0 Å². The highest BCUT2D eigenvalue weighted by atomic mass is 16.5. The molecule has 122 valence electrons. The molecule has 7 nitrogen and oxygen atoms in total. The van der Waals surface area contributed by atoms with E-state index in [1.54, 1.807) is 12.7 Å². The molecule has 7 heteroatoms. The van der Waals surface area contributed by atoms with Crippen molar-refractivity contribution >= 4 is 5.91 Å². The Morgan fingerprint density at radius 3 is 2.91 bits per heavy atom. The SMILES string of the molecule is C[C@H](C(=O)N1CCOCC1)N1CCC[C@@H](Cn2cncn2)C1. The van der Waals surface area contributed by atoms with E-state index in [1.807, 2.05) is 16.5 Å². The van der Waals surface area contributed by atoms with E-state index in [9.17, 15) is 4.79 Å². The molecule has 0 aromatic carbocycles. The highest BCUT2D eigenvalue weighted by molar-refractivity contribution is 5.81. The van der Waals surface area contributed by atoms with Gasteiger partial charge in [-0.05, 0) is 32.2 Å². The number of rotatable bonds is 4. The van der Waals surface area contributed by atoms with Crippen LogP contribution in [0.25, 0.3) is 0 Å². The molecule has 22 heavy (non-hydrogen) atoms. The molecule has 1 aromatic heterocycles. The minimum absolute atomic E-state index is 0.0448. The lowest BCUT2D eigenvalue weighted by atomic mass is 9.96. The van der Waals surface area contributed by atoms with Crippen LogP contribution in [0.15, 0.2) is 12.7 Å². The molecule has 0 radical (unpaired) electrons. The maximum absolute atomic E-state index is 12.6. The van der Waals surface area contributed by atoms with Crippen LogP contribution in [0, 0.1) is 5.92 Å². The number of likely N-dealkylation sites (tertiary alicyclic amines) is 1. The highest BCUT2D eigenvalue weighted by Gasteiger charge is 2.30. The quantitative estimate of drug-likeness (QED) is 0.797. The summed E-state index contributed by atoms with van der Waals surface area (Å²) in [6, 6.07) is -0.0448. The Labute approximate surface area is 131 Å². The molecule has 0 aliphatic carbocycles. The maximum Gasteiger partial charge on any atom is 0.239 e. The molecule has 1 amide bonds. The second-order valence-corrected chi connectivity index (χ2v) is 6.23. The van der Waals surface area contributed by atoms with Gasteiger partial charge in [0.25, 0.3) is 0 Å². The fourth-order valence-corrected chi connectivity index (χ4v) is 3.39. The number of carbonyl (C=O) groups is 1. The summed E-state index contributed by atoms with van der Waals surface area (Å²) in [5.41, 5.74) is 0. The summed E-state index contributed by atoms with van der Waals surface area (Å²) in [5, 5.41) is 4.19. The van der Waals surface area contributed by atoms with Crippen LogP contribution in [0.2, 0.25) is 0 Å². The molecule has 2 aliphatic heterocycles. The molecule has 3 rings (SSSR count). The first-order valence-electron chi connectivity index (χ1n) is 8.17. The van der Waals surface area contributed by atoms with Crippen molar-refractivity contribution in [2.75, 3.05) is 39.4 Å². The lowest BCUT2D eigenvalue weighted by molar-refractivity contribution is -0.141. The number of aromatic nitrogens is 3. The Morgan fingerprint density at radius 1 is 1.36 bits per heavy atom. The largest absolute Gasteiger partial charge is 0.378 e. The number of nitrogens with zero attached hydrogens (tertiary/aromatic N) is 5. The lowest BCUT2D eigenvalue weighted by Crippen LogP contribution is -2.53. The van der Waals surface area contributed by atoms with E-state index >= 15 is 0 Å². The van der Waals surface area contributed by atoms with E-state index in [0.29, 0.717) is 19.1 Å². The molecule has 0 saturated carbocycles. The van der Waals surface area contributed by atoms with Gasteiger partial charge in [-0.3, -0.25) is 14.4 Å². The summed E-state index contributed by atoms with van der Waals surface area (Å²) in [4.78, 5) is 20.9. The van der Waals surface area contributed by atoms with Crippen LogP contribution in [0.4, 0.5) is 0 Å². The molecule has 0 spiro atoms. The Balaban J connectivity index is 1.55. The molecule has 0 N–H and O–H groups in total. The van der Waals surface area contributed by atoms with E-state index in [2.05, 4.69) is 15.0 Å². The van der Waals surface area contributed by atoms with Crippen molar-refractivity contribution in [3.05, 3.63) is 12.7 Å². The number of amides is 1. The topological polar surface area (TPSA) is 63.5 Å². The second-order valence-electron chi connectivity index (χ2n) is 6.23. The number of morpholine rings is 1. The predicted octanol–water partition coefficient (Wildman–Crippen LogP) is 0.237. The van der Waals surface area contributed by atoms with Gasteiger partial charge in [0.2, 0.25) is 5.91 Å². The minimum atomic E-state index is -0.0448. The molecule has 2 aliphatic rings. The third kappa shape index (κ3) is 3.64. The molecule has 2 atom stereocenters.